The molecule has 6 atom stereocenters. The number of hydrogen-bond donors (Lipinski definition) is 3. The Morgan fingerprint density at radius 2 is 1.90 bits per heavy atom. The van der Waals surface area contributed by atoms with Gasteiger partial charge in [0.15, 0.2) is 0 Å². The van der Waals surface area contributed by atoms with Crippen molar-refractivity contribution in [3.05, 3.63) is 39.5 Å². The maximum absolute atomic E-state index is 13.9. The first kappa shape index (κ1) is 33.8. The summed E-state index contributed by atoms with van der Waals surface area (Å²) in [5, 5.41) is 23.6. The van der Waals surface area contributed by atoms with Crippen molar-refractivity contribution in [2.45, 2.75) is 91.1 Å². The normalized spacial score (nSPS) is 26.5. The van der Waals surface area contributed by atoms with Crippen LogP contribution in [-0.4, -0.2) is 77.6 Å². The zero-order valence-corrected chi connectivity index (χ0v) is 27.4. The number of rotatable bonds is 13. The summed E-state index contributed by atoms with van der Waals surface area (Å²) >= 11 is 2.17. The molecule has 0 aromatic heterocycles. The van der Waals surface area contributed by atoms with Crippen molar-refractivity contribution < 1.29 is 29.3 Å². The summed E-state index contributed by atoms with van der Waals surface area (Å²) in [7, 11) is 0. The third kappa shape index (κ3) is 9.66. The topological polar surface area (TPSA) is 108 Å². The van der Waals surface area contributed by atoms with E-state index in [4.69, 9.17) is 9.47 Å². The molecule has 1 fully saturated rings. The lowest BCUT2D eigenvalue weighted by Crippen LogP contribution is -2.56. The first-order valence-electron chi connectivity index (χ1n) is 15.1. The maximum Gasteiger partial charge on any atom is 0.248 e. The van der Waals surface area contributed by atoms with E-state index in [1.54, 1.807) is 11.0 Å². The minimum Gasteiger partial charge on any atom is -0.482 e. The van der Waals surface area contributed by atoms with E-state index in [-0.39, 0.29) is 44.1 Å². The largest absolute Gasteiger partial charge is 0.482 e. The van der Waals surface area contributed by atoms with E-state index in [9.17, 15) is 19.8 Å². The Kier molecular flexibility index (Phi) is 13.4. The molecule has 0 heterocycles. The molecule has 0 spiro atoms. The Morgan fingerprint density at radius 3 is 2.56 bits per heavy atom. The van der Waals surface area contributed by atoms with Crippen LogP contribution < -0.4 is 10.1 Å². The SMILES string of the molecule is CC(C)CCN(C(=O)COC1CC(C)CCC1C(C)C)C1CC(C(=O)NCCO)=CC(Oc2ccccc2I)C1O. The summed E-state index contributed by atoms with van der Waals surface area (Å²) in [6, 6.07) is 6.83. The van der Waals surface area contributed by atoms with Crippen molar-refractivity contribution in [3.63, 3.8) is 0 Å². The van der Waals surface area contributed by atoms with Crippen molar-refractivity contribution in [2.24, 2.45) is 23.7 Å². The first-order valence-corrected chi connectivity index (χ1v) is 16.2. The van der Waals surface area contributed by atoms with E-state index in [0.29, 0.717) is 41.5 Å². The smallest absolute Gasteiger partial charge is 0.248 e. The van der Waals surface area contributed by atoms with Gasteiger partial charge in [-0.05, 0) is 83.7 Å². The Bertz CT molecular complexity index is 1030. The number of aliphatic hydroxyl groups is 2. The molecule has 1 saturated carbocycles. The molecule has 3 rings (SSSR count). The van der Waals surface area contributed by atoms with Crippen LogP contribution in [0.2, 0.25) is 0 Å². The minimum absolute atomic E-state index is 0.0295. The average Bonchev–Trinajstić information content (AvgIpc) is 2.93. The van der Waals surface area contributed by atoms with Gasteiger partial charge in [0.2, 0.25) is 11.8 Å². The minimum atomic E-state index is -1.05. The van der Waals surface area contributed by atoms with Crippen molar-refractivity contribution in [3.8, 4) is 5.75 Å². The van der Waals surface area contributed by atoms with Gasteiger partial charge < -0.3 is 29.9 Å². The number of ether oxygens (including phenoxy) is 2. The van der Waals surface area contributed by atoms with Gasteiger partial charge in [0.1, 0.15) is 24.6 Å². The van der Waals surface area contributed by atoms with Gasteiger partial charge in [-0.15, -0.1) is 0 Å². The molecule has 41 heavy (non-hydrogen) atoms. The number of benzene rings is 1. The molecule has 1 aromatic rings. The highest BCUT2D eigenvalue weighted by Gasteiger charge is 2.41. The fraction of sp³-hybridized carbons (Fsp3) is 0.688. The van der Waals surface area contributed by atoms with Crippen LogP contribution in [0, 0.1) is 27.2 Å². The summed E-state index contributed by atoms with van der Waals surface area (Å²) in [6.45, 7) is 11.2. The number of carbonyl (C=O) groups is 2. The molecule has 8 nitrogen and oxygen atoms in total. The summed E-state index contributed by atoms with van der Waals surface area (Å²) in [5.41, 5.74) is 0.425. The molecule has 6 unspecified atom stereocenters. The molecule has 1 aromatic carbocycles. The lowest BCUT2D eigenvalue weighted by atomic mass is 9.75. The van der Waals surface area contributed by atoms with E-state index in [1.165, 1.54) is 6.42 Å². The Hall–Kier alpha value is -1.69. The van der Waals surface area contributed by atoms with Crippen LogP contribution in [0.1, 0.15) is 66.7 Å². The number of aliphatic hydroxyl groups excluding tert-OH is 2. The van der Waals surface area contributed by atoms with Crippen LogP contribution >= 0.6 is 22.6 Å². The Labute approximate surface area is 259 Å². The number of carbonyl (C=O) groups excluding carboxylic acids is 2. The standard InChI is InChI=1S/C32H49IN2O6/c1-20(2)12-14-35(30(37)19-40-28-16-22(5)10-11-24(28)21(3)4)26-17-23(32(39)34-13-15-36)18-29(31(26)38)41-27-9-7-6-8-25(27)33/h6-9,18,20-22,24,26,28-29,31,36,38H,10-17,19H2,1-5H3,(H,34,39). The summed E-state index contributed by atoms with van der Waals surface area (Å²) < 4.78 is 13.5. The molecule has 0 bridgehead atoms. The molecule has 2 amide bonds. The summed E-state index contributed by atoms with van der Waals surface area (Å²) in [5.74, 6) is 1.88. The average molecular weight is 685 g/mol. The third-order valence-electron chi connectivity index (χ3n) is 8.36. The number of nitrogens with one attached hydrogen (secondary N) is 1. The van der Waals surface area contributed by atoms with Gasteiger partial charge in [0.25, 0.3) is 0 Å². The number of halogens is 1. The number of nitrogens with zero attached hydrogens (tertiary/aromatic N) is 1. The van der Waals surface area contributed by atoms with E-state index in [1.807, 2.05) is 24.3 Å². The first-order chi connectivity index (χ1) is 19.5. The molecule has 2 aliphatic carbocycles. The molecular formula is C32H49IN2O6. The van der Waals surface area contributed by atoms with Gasteiger partial charge >= 0.3 is 0 Å². The van der Waals surface area contributed by atoms with Crippen molar-refractivity contribution in [1.29, 1.82) is 0 Å². The second-order valence-corrected chi connectivity index (χ2v) is 13.6. The number of hydrogen-bond acceptors (Lipinski definition) is 6. The van der Waals surface area contributed by atoms with Crippen LogP contribution in [0.3, 0.4) is 0 Å². The van der Waals surface area contributed by atoms with Crippen LogP contribution in [0.15, 0.2) is 35.9 Å². The van der Waals surface area contributed by atoms with Gasteiger partial charge in [-0.25, -0.2) is 0 Å². The fourth-order valence-corrected chi connectivity index (χ4v) is 6.42. The molecule has 2 aliphatic rings. The van der Waals surface area contributed by atoms with Crippen molar-refractivity contribution >= 4 is 34.4 Å². The van der Waals surface area contributed by atoms with E-state index >= 15 is 0 Å². The van der Waals surface area contributed by atoms with Gasteiger partial charge in [0, 0.05) is 25.1 Å². The van der Waals surface area contributed by atoms with Gasteiger partial charge in [0.05, 0.1) is 22.3 Å². The van der Waals surface area contributed by atoms with Crippen LogP contribution in [-0.2, 0) is 14.3 Å². The number of para-hydroxylation sites is 1. The molecule has 0 aliphatic heterocycles. The maximum atomic E-state index is 13.9. The van der Waals surface area contributed by atoms with Crippen molar-refractivity contribution in [2.75, 3.05) is 26.3 Å². The Balaban J connectivity index is 1.86. The van der Waals surface area contributed by atoms with Crippen LogP contribution in [0.25, 0.3) is 0 Å². The molecule has 0 saturated heterocycles. The zero-order valence-electron chi connectivity index (χ0n) is 25.2. The number of amides is 2. The molecule has 230 valence electrons. The Morgan fingerprint density at radius 1 is 1.17 bits per heavy atom. The van der Waals surface area contributed by atoms with Gasteiger partial charge in [-0.2, -0.15) is 0 Å². The van der Waals surface area contributed by atoms with E-state index < -0.39 is 18.2 Å². The molecule has 9 heteroatoms. The van der Waals surface area contributed by atoms with Crippen molar-refractivity contribution in [1.82, 2.24) is 10.2 Å². The predicted molar refractivity (Wildman–Crippen MR) is 168 cm³/mol. The highest BCUT2D eigenvalue weighted by Crippen LogP contribution is 2.36. The lowest BCUT2D eigenvalue weighted by Gasteiger charge is -2.41. The fourth-order valence-electron chi connectivity index (χ4n) is 5.91. The quantitative estimate of drug-likeness (QED) is 0.263. The monoisotopic (exact) mass is 684 g/mol. The van der Waals surface area contributed by atoms with Crippen LogP contribution in [0.4, 0.5) is 0 Å². The van der Waals surface area contributed by atoms with Crippen LogP contribution in [0.5, 0.6) is 5.75 Å². The lowest BCUT2D eigenvalue weighted by molar-refractivity contribution is -0.148. The third-order valence-corrected chi connectivity index (χ3v) is 9.26. The summed E-state index contributed by atoms with van der Waals surface area (Å²) in [4.78, 5) is 28.6. The molecule has 3 N–H and O–H groups in total. The molecule has 0 radical (unpaired) electrons. The second kappa shape index (κ2) is 16.2. The highest BCUT2D eigenvalue weighted by atomic mass is 127. The zero-order chi connectivity index (χ0) is 30.1. The molecular weight excluding hydrogens is 635 g/mol. The highest BCUT2D eigenvalue weighted by molar-refractivity contribution is 14.1. The van der Waals surface area contributed by atoms with E-state index in [0.717, 1.165) is 22.8 Å². The summed E-state index contributed by atoms with van der Waals surface area (Å²) in [6.07, 6.45) is 3.96. The van der Waals surface area contributed by atoms with E-state index in [2.05, 4.69) is 62.5 Å². The second-order valence-electron chi connectivity index (χ2n) is 12.4. The predicted octanol–water partition coefficient (Wildman–Crippen LogP) is 4.56. The van der Waals surface area contributed by atoms with Gasteiger partial charge in [-0.3, -0.25) is 9.59 Å². The van der Waals surface area contributed by atoms with Gasteiger partial charge in [-0.1, -0.05) is 53.2 Å².